The normalized spacial score (nSPS) is 15.7. The highest BCUT2D eigenvalue weighted by atomic mass is 16.5. The summed E-state index contributed by atoms with van der Waals surface area (Å²) in [5.74, 6) is -0.413. The number of nitriles is 1. The van der Waals surface area contributed by atoms with E-state index in [0.717, 1.165) is 25.9 Å². The molecule has 1 fully saturated rings. The van der Waals surface area contributed by atoms with Crippen molar-refractivity contribution in [1.82, 2.24) is 4.90 Å². The van der Waals surface area contributed by atoms with Crippen molar-refractivity contribution < 1.29 is 9.53 Å². The van der Waals surface area contributed by atoms with E-state index >= 15 is 0 Å². The van der Waals surface area contributed by atoms with E-state index in [0.29, 0.717) is 0 Å². The Morgan fingerprint density at radius 3 is 2.04 bits per heavy atom. The Kier molecular flexibility index (Phi) is 5.81. The Morgan fingerprint density at radius 1 is 1.04 bits per heavy atom. The van der Waals surface area contributed by atoms with Crippen LogP contribution < -0.4 is 0 Å². The number of ether oxygens (including phenoxy) is 1. The summed E-state index contributed by atoms with van der Waals surface area (Å²) in [5, 5.41) is 8.57. The van der Waals surface area contributed by atoms with E-state index in [1.54, 1.807) is 0 Å². The lowest BCUT2D eigenvalue weighted by molar-refractivity contribution is -0.150. The van der Waals surface area contributed by atoms with Crippen molar-refractivity contribution in [1.29, 1.82) is 5.26 Å². The van der Waals surface area contributed by atoms with Crippen LogP contribution in [0.3, 0.4) is 0 Å². The molecule has 0 unspecified atom stereocenters. The number of hydrogen-bond donors (Lipinski definition) is 0. The molecule has 3 rings (SSSR count). The molecule has 0 amide bonds. The summed E-state index contributed by atoms with van der Waals surface area (Å²) in [6.07, 6.45) is 1.35. The third kappa shape index (κ3) is 4.46. The van der Waals surface area contributed by atoms with Crippen molar-refractivity contribution in [2.75, 3.05) is 13.1 Å². The molecule has 4 heteroatoms. The van der Waals surface area contributed by atoms with Crippen LogP contribution in [0.1, 0.15) is 36.4 Å². The molecule has 0 bridgehead atoms. The second-order valence-corrected chi connectivity index (χ2v) is 6.28. The second kappa shape index (κ2) is 8.46. The van der Waals surface area contributed by atoms with Crippen molar-refractivity contribution in [2.45, 2.75) is 31.4 Å². The van der Waals surface area contributed by atoms with Gasteiger partial charge in [-0.1, -0.05) is 60.7 Å². The Bertz CT molecular complexity index is 677. The van der Waals surface area contributed by atoms with Crippen LogP contribution in [0.4, 0.5) is 0 Å². The maximum atomic E-state index is 11.5. The molecule has 0 radical (unpaired) electrons. The van der Waals surface area contributed by atoms with E-state index in [1.807, 2.05) is 18.2 Å². The van der Waals surface area contributed by atoms with Gasteiger partial charge in [-0.05, 0) is 24.0 Å². The van der Waals surface area contributed by atoms with Gasteiger partial charge in [0.1, 0.15) is 12.5 Å². The quantitative estimate of drug-likeness (QED) is 0.783. The molecule has 1 heterocycles. The first kappa shape index (κ1) is 17.2. The molecular weight excluding hydrogens is 312 g/mol. The highest BCUT2D eigenvalue weighted by Gasteiger charge is 2.28. The smallest absolute Gasteiger partial charge is 0.320 e. The summed E-state index contributed by atoms with van der Waals surface area (Å²) in [5.41, 5.74) is 2.54. The van der Waals surface area contributed by atoms with Crippen LogP contribution in [-0.4, -0.2) is 30.1 Å². The topological polar surface area (TPSA) is 53.3 Å². The van der Waals surface area contributed by atoms with Crippen molar-refractivity contribution in [3.05, 3.63) is 71.8 Å². The van der Waals surface area contributed by atoms with Gasteiger partial charge in [-0.25, -0.2) is 0 Å². The van der Waals surface area contributed by atoms with Crippen molar-refractivity contribution >= 4 is 5.97 Å². The summed E-state index contributed by atoms with van der Waals surface area (Å²) in [6.45, 7) is 1.72. The predicted octanol–water partition coefficient (Wildman–Crippen LogP) is 3.70. The lowest BCUT2D eigenvalue weighted by Gasteiger charge is -2.37. The maximum Gasteiger partial charge on any atom is 0.320 e. The van der Waals surface area contributed by atoms with Gasteiger partial charge < -0.3 is 4.74 Å². The number of carbonyl (C=O) groups is 1. The van der Waals surface area contributed by atoms with Crippen molar-refractivity contribution in [3.8, 4) is 6.07 Å². The lowest BCUT2D eigenvalue weighted by Crippen LogP contribution is -2.40. The average Bonchev–Trinajstić information content (AvgIpc) is 2.65. The first-order valence-corrected chi connectivity index (χ1v) is 8.68. The summed E-state index contributed by atoms with van der Waals surface area (Å²) in [6, 6.07) is 23.1. The summed E-state index contributed by atoms with van der Waals surface area (Å²) >= 11 is 0. The number of rotatable bonds is 5. The SMILES string of the molecule is N#CCC(=O)OC1CCN(C(c2ccccc2)c2ccccc2)CC1. The van der Waals surface area contributed by atoms with E-state index in [1.165, 1.54) is 11.1 Å². The van der Waals surface area contributed by atoms with E-state index in [-0.39, 0.29) is 18.6 Å². The van der Waals surface area contributed by atoms with Gasteiger partial charge in [0.25, 0.3) is 0 Å². The summed E-state index contributed by atoms with van der Waals surface area (Å²) in [7, 11) is 0. The van der Waals surface area contributed by atoms with Gasteiger partial charge in [0, 0.05) is 13.1 Å². The lowest BCUT2D eigenvalue weighted by atomic mass is 9.94. The number of nitrogens with zero attached hydrogens (tertiary/aromatic N) is 2. The van der Waals surface area contributed by atoms with Gasteiger partial charge in [0.15, 0.2) is 0 Å². The van der Waals surface area contributed by atoms with Gasteiger partial charge in [-0.3, -0.25) is 9.69 Å². The Morgan fingerprint density at radius 2 is 1.56 bits per heavy atom. The molecule has 1 saturated heterocycles. The third-order valence-electron chi connectivity index (χ3n) is 4.59. The van der Waals surface area contributed by atoms with E-state index in [9.17, 15) is 4.79 Å². The molecule has 1 aliphatic rings. The average molecular weight is 334 g/mol. The number of benzene rings is 2. The van der Waals surface area contributed by atoms with Crippen LogP contribution in [0.2, 0.25) is 0 Å². The molecule has 4 nitrogen and oxygen atoms in total. The van der Waals surface area contributed by atoms with Crippen molar-refractivity contribution in [2.24, 2.45) is 0 Å². The minimum absolute atomic E-state index is 0.0794. The zero-order chi connectivity index (χ0) is 17.5. The van der Waals surface area contributed by atoms with Crippen LogP contribution in [-0.2, 0) is 9.53 Å². The number of likely N-dealkylation sites (tertiary alicyclic amines) is 1. The molecule has 2 aromatic rings. The van der Waals surface area contributed by atoms with Gasteiger partial charge in [0.05, 0.1) is 12.1 Å². The van der Waals surface area contributed by atoms with E-state index in [4.69, 9.17) is 10.00 Å². The molecule has 0 aliphatic carbocycles. The molecule has 0 saturated carbocycles. The van der Waals surface area contributed by atoms with Gasteiger partial charge in [-0.15, -0.1) is 0 Å². The maximum absolute atomic E-state index is 11.5. The van der Waals surface area contributed by atoms with Gasteiger partial charge in [0.2, 0.25) is 0 Å². The fraction of sp³-hybridized carbons (Fsp3) is 0.333. The molecule has 0 N–H and O–H groups in total. The molecule has 2 aromatic carbocycles. The fourth-order valence-electron chi connectivity index (χ4n) is 3.43. The Labute approximate surface area is 148 Å². The largest absolute Gasteiger partial charge is 0.462 e. The zero-order valence-corrected chi connectivity index (χ0v) is 14.2. The van der Waals surface area contributed by atoms with Crippen LogP contribution in [0.15, 0.2) is 60.7 Å². The standard InChI is InChI=1S/C21H22N2O2/c22-14-11-20(24)25-19-12-15-23(16-13-19)21(17-7-3-1-4-8-17)18-9-5-2-6-10-18/h1-10,19,21H,11-13,15-16H2. The minimum Gasteiger partial charge on any atom is -0.462 e. The Hall–Kier alpha value is -2.64. The highest BCUT2D eigenvalue weighted by molar-refractivity contribution is 5.71. The monoisotopic (exact) mass is 334 g/mol. The Balaban J connectivity index is 1.72. The molecular formula is C21H22N2O2. The first-order valence-electron chi connectivity index (χ1n) is 8.68. The van der Waals surface area contributed by atoms with Crippen LogP contribution in [0, 0.1) is 11.3 Å². The van der Waals surface area contributed by atoms with E-state index in [2.05, 4.69) is 53.4 Å². The van der Waals surface area contributed by atoms with Crippen LogP contribution in [0.25, 0.3) is 0 Å². The number of hydrogen-bond acceptors (Lipinski definition) is 4. The molecule has 0 spiro atoms. The predicted molar refractivity (Wildman–Crippen MR) is 95.6 cm³/mol. The second-order valence-electron chi connectivity index (χ2n) is 6.28. The highest BCUT2D eigenvalue weighted by Crippen LogP contribution is 2.31. The van der Waals surface area contributed by atoms with Gasteiger partial charge >= 0.3 is 5.97 Å². The fourth-order valence-corrected chi connectivity index (χ4v) is 3.43. The third-order valence-corrected chi connectivity index (χ3v) is 4.59. The van der Waals surface area contributed by atoms with Crippen LogP contribution in [0.5, 0.6) is 0 Å². The number of piperidine rings is 1. The zero-order valence-electron chi connectivity index (χ0n) is 14.2. The minimum atomic E-state index is -0.413. The molecule has 128 valence electrons. The summed E-state index contributed by atoms with van der Waals surface area (Å²) in [4.78, 5) is 14.0. The van der Waals surface area contributed by atoms with Gasteiger partial charge in [-0.2, -0.15) is 5.26 Å². The molecule has 0 aromatic heterocycles. The first-order chi connectivity index (χ1) is 12.3. The molecule has 25 heavy (non-hydrogen) atoms. The van der Waals surface area contributed by atoms with Crippen LogP contribution >= 0.6 is 0 Å². The summed E-state index contributed by atoms with van der Waals surface area (Å²) < 4.78 is 5.38. The molecule has 0 atom stereocenters. The van der Waals surface area contributed by atoms with Crippen molar-refractivity contribution in [3.63, 3.8) is 0 Å². The molecule has 1 aliphatic heterocycles. The number of carbonyl (C=O) groups excluding carboxylic acids is 1. The van der Waals surface area contributed by atoms with E-state index < -0.39 is 5.97 Å². The number of esters is 1.